The van der Waals surface area contributed by atoms with Crippen LogP contribution in [0.15, 0.2) is 364 Å². The Morgan fingerprint density at radius 3 is 0.396 bits per heavy atom. The van der Waals surface area contributed by atoms with E-state index in [1.165, 1.54) is 0 Å². The zero-order valence-electron chi connectivity index (χ0n) is 52.1. The number of fused-ring (bicyclic) bond motifs is 6. The highest BCUT2D eigenvalue weighted by molar-refractivity contribution is 6.27. The maximum Gasteiger partial charge on any atom is 0.170 e. The average Bonchev–Trinajstić information content (AvgIpc) is 0.725. The molecular weight excluding hydrogens is 1180 g/mol. The summed E-state index contributed by atoms with van der Waals surface area (Å²) in [6.45, 7) is 0. The van der Waals surface area contributed by atoms with Crippen LogP contribution in [0.4, 0.5) is 0 Å². The Bertz CT molecular complexity index is 4540. The second-order valence-electron chi connectivity index (χ2n) is 23.5. The molecule has 0 atom stereocenters. The molecule has 0 aliphatic heterocycles. The molecule has 0 aliphatic rings. The summed E-state index contributed by atoms with van der Waals surface area (Å²) in [5, 5.41) is 5.08. The van der Waals surface area contributed by atoms with Gasteiger partial charge >= 0.3 is 0 Å². The summed E-state index contributed by atoms with van der Waals surface area (Å²) in [5.41, 5.74) is 12.5. The van der Waals surface area contributed by atoms with E-state index in [-0.39, 0.29) is 0 Å². The molecule has 16 aromatic rings. The van der Waals surface area contributed by atoms with Crippen LogP contribution in [0.25, 0.3) is 99.1 Å². The first-order valence-corrected chi connectivity index (χ1v) is 32.1. The van der Waals surface area contributed by atoms with Crippen LogP contribution in [0.2, 0.25) is 0 Å². The Balaban J connectivity index is 0.959. The molecule has 0 aromatic heterocycles. The van der Waals surface area contributed by atoms with Gasteiger partial charge in [-0.1, -0.05) is 255 Å². The summed E-state index contributed by atoms with van der Waals surface area (Å²) >= 11 is 0. The maximum atomic E-state index is 7.21. The van der Waals surface area contributed by atoms with Crippen molar-refractivity contribution in [3.63, 3.8) is 0 Å². The molecule has 0 amide bonds. The van der Waals surface area contributed by atoms with E-state index >= 15 is 0 Å². The van der Waals surface area contributed by atoms with Gasteiger partial charge in [0.05, 0.1) is 0 Å². The lowest BCUT2D eigenvalue weighted by Gasteiger charge is -2.21. The Morgan fingerprint density at radius 2 is 0.250 bits per heavy atom. The Hall–Kier alpha value is -12.9. The van der Waals surface area contributed by atoms with Crippen molar-refractivity contribution in [3.05, 3.63) is 364 Å². The second kappa shape index (κ2) is 26.4. The van der Waals surface area contributed by atoms with Gasteiger partial charge in [-0.15, -0.1) is 0 Å². The lowest BCUT2D eigenvalue weighted by atomic mass is 9.93. The minimum Gasteiger partial charge on any atom is -0.453 e. The SMILES string of the molecule is c1ccc(-c2cccc(Oc3cc4c5cc(Oc6cccc(-c7ccccc7)c6)c(Oc6cccc(-c7ccccc7)c6)cc5c5cc(Oc6cccc(-c7ccccc7)c6)c(Oc6cccc(-c7ccccc7)c6)cc5c4cc3Oc3cccc(-c4ccccc4)c3)c2)cc1. The van der Waals surface area contributed by atoms with E-state index in [1.54, 1.807) is 0 Å². The molecule has 0 N–H and O–H groups in total. The van der Waals surface area contributed by atoms with E-state index in [0.717, 1.165) is 99.1 Å². The number of hydrogen-bond acceptors (Lipinski definition) is 6. The molecule has 0 saturated carbocycles. The second-order valence-corrected chi connectivity index (χ2v) is 23.5. The fourth-order valence-corrected chi connectivity index (χ4v) is 12.5. The van der Waals surface area contributed by atoms with Crippen molar-refractivity contribution in [1.82, 2.24) is 0 Å². The Labute approximate surface area is 557 Å². The third-order valence-corrected chi connectivity index (χ3v) is 17.1. The van der Waals surface area contributed by atoms with E-state index in [9.17, 15) is 0 Å². The third-order valence-electron chi connectivity index (χ3n) is 17.1. The van der Waals surface area contributed by atoms with E-state index in [0.29, 0.717) is 69.0 Å². The molecule has 6 nitrogen and oxygen atoms in total. The van der Waals surface area contributed by atoms with Gasteiger partial charge in [-0.25, -0.2) is 0 Å². The van der Waals surface area contributed by atoms with Gasteiger partial charge in [0.15, 0.2) is 34.5 Å². The molecule has 0 bridgehead atoms. The predicted molar refractivity (Wildman–Crippen MR) is 391 cm³/mol. The molecule has 0 unspecified atom stereocenters. The summed E-state index contributed by atoms with van der Waals surface area (Å²) < 4.78 is 43.3. The summed E-state index contributed by atoms with van der Waals surface area (Å²) in [6, 6.07) is 123. The molecule has 456 valence electrons. The lowest BCUT2D eigenvalue weighted by molar-refractivity contribution is 0.419. The first-order valence-electron chi connectivity index (χ1n) is 32.1. The molecule has 16 aromatic carbocycles. The van der Waals surface area contributed by atoms with Crippen molar-refractivity contribution in [3.8, 4) is 136 Å². The van der Waals surface area contributed by atoms with Crippen molar-refractivity contribution in [2.24, 2.45) is 0 Å². The molecule has 0 fully saturated rings. The number of benzene rings is 16. The zero-order chi connectivity index (χ0) is 64.0. The fraction of sp³-hybridized carbons (Fsp3) is 0. The van der Waals surface area contributed by atoms with Gasteiger partial charge in [0.2, 0.25) is 0 Å². The fourth-order valence-electron chi connectivity index (χ4n) is 12.5. The van der Waals surface area contributed by atoms with Crippen LogP contribution in [-0.2, 0) is 0 Å². The Morgan fingerprint density at radius 1 is 0.115 bits per heavy atom. The van der Waals surface area contributed by atoms with Crippen LogP contribution in [0.3, 0.4) is 0 Å². The zero-order valence-corrected chi connectivity index (χ0v) is 52.1. The molecule has 96 heavy (non-hydrogen) atoms. The van der Waals surface area contributed by atoms with Gasteiger partial charge in [-0.2, -0.15) is 0 Å². The van der Waals surface area contributed by atoms with Gasteiger partial charge in [0.25, 0.3) is 0 Å². The summed E-state index contributed by atoms with van der Waals surface area (Å²) in [4.78, 5) is 0. The number of ether oxygens (including phenoxy) is 6. The van der Waals surface area contributed by atoms with Crippen LogP contribution < -0.4 is 28.4 Å². The summed E-state index contributed by atoms with van der Waals surface area (Å²) in [7, 11) is 0. The molecule has 0 heterocycles. The van der Waals surface area contributed by atoms with Crippen molar-refractivity contribution < 1.29 is 28.4 Å². The van der Waals surface area contributed by atoms with E-state index in [2.05, 4.69) is 182 Å². The van der Waals surface area contributed by atoms with E-state index in [1.807, 2.05) is 182 Å². The van der Waals surface area contributed by atoms with E-state index in [4.69, 9.17) is 28.4 Å². The predicted octanol–water partition coefficient (Wildman–Crippen LogP) is 25.9. The molecule has 0 spiro atoms. The highest BCUT2D eigenvalue weighted by Gasteiger charge is 2.23. The molecule has 6 heteroatoms. The highest BCUT2D eigenvalue weighted by Crippen LogP contribution is 2.51. The van der Waals surface area contributed by atoms with Gasteiger partial charge in [0.1, 0.15) is 34.5 Å². The average molecular weight is 1240 g/mol. The summed E-state index contributed by atoms with van der Waals surface area (Å²) in [5.74, 6) is 6.71. The van der Waals surface area contributed by atoms with Crippen molar-refractivity contribution >= 4 is 32.3 Å². The van der Waals surface area contributed by atoms with Crippen LogP contribution in [0.5, 0.6) is 69.0 Å². The van der Waals surface area contributed by atoms with Crippen LogP contribution in [-0.4, -0.2) is 0 Å². The van der Waals surface area contributed by atoms with Gasteiger partial charge in [0, 0.05) is 0 Å². The largest absolute Gasteiger partial charge is 0.453 e. The first-order chi connectivity index (χ1) is 47.5. The van der Waals surface area contributed by atoms with Crippen LogP contribution in [0, 0.1) is 0 Å². The normalized spacial score (nSPS) is 11.1. The Kier molecular flexibility index (Phi) is 16.0. The van der Waals surface area contributed by atoms with Crippen molar-refractivity contribution in [2.75, 3.05) is 0 Å². The van der Waals surface area contributed by atoms with E-state index < -0.39 is 0 Å². The van der Waals surface area contributed by atoms with Crippen LogP contribution in [0.1, 0.15) is 0 Å². The third kappa shape index (κ3) is 12.6. The molecule has 0 saturated heterocycles. The van der Waals surface area contributed by atoms with Crippen molar-refractivity contribution in [2.45, 2.75) is 0 Å². The quantitative estimate of drug-likeness (QED) is 0.0798. The molecule has 16 rings (SSSR count). The number of hydrogen-bond donors (Lipinski definition) is 0. The maximum absolute atomic E-state index is 7.21. The summed E-state index contributed by atoms with van der Waals surface area (Å²) in [6.07, 6.45) is 0. The molecule has 0 aliphatic carbocycles. The molecular formula is C90H60O6. The minimum atomic E-state index is 0.488. The lowest BCUT2D eigenvalue weighted by Crippen LogP contribution is -1.96. The monoisotopic (exact) mass is 1240 g/mol. The van der Waals surface area contributed by atoms with Crippen molar-refractivity contribution in [1.29, 1.82) is 0 Å². The van der Waals surface area contributed by atoms with Gasteiger partial charge < -0.3 is 28.4 Å². The minimum absolute atomic E-state index is 0.488. The van der Waals surface area contributed by atoms with Gasteiger partial charge in [-0.3, -0.25) is 0 Å². The first kappa shape index (κ1) is 58.2. The topological polar surface area (TPSA) is 55.4 Å². The standard InChI is InChI=1S/C90H60O6/c1-7-25-61(26-8-1)67-37-19-43-73(49-67)91-85-55-79-80(56-86(85)92-74-44-20-38-68(50-74)62-27-9-2-10-28-62)82-58-88(94-76-46-22-40-70(52-76)64-31-13-4-14-32-64)90(96-78-48-24-42-72(54-78)66-35-17-6-18-36-66)60-84(82)83-59-89(95-77-47-23-41-71(53-77)65-33-15-5-16-34-65)87(57-81(79)83)93-75-45-21-39-69(51-75)63-29-11-3-12-30-63/h1-60H. The number of rotatable bonds is 18. The smallest absolute Gasteiger partial charge is 0.170 e. The molecule has 0 radical (unpaired) electrons. The van der Waals surface area contributed by atoms with Crippen LogP contribution >= 0.6 is 0 Å². The van der Waals surface area contributed by atoms with Gasteiger partial charge in [-0.05, 0) is 208 Å². The highest BCUT2D eigenvalue weighted by atomic mass is 16.5.